The number of likely N-dealkylation sites (tertiary alicyclic amines) is 1. The van der Waals surface area contributed by atoms with E-state index in [1.54, 1.807) is 0 Å². The third-order valence-electron chi connectivity index (χ3n) is 5.82. The molecule has 1 fully saturated rings. The van der Waals surface area contributed by atoms with Gasteiger partial charge >= 0.3 is 0 Å². The summed E-state index contributed by atoms with van der Waals surface area (Å²) in [5, 5.41) is 13.2. The van der Waals surface area contributed by atoms with Crippen molar-refractivity contribution in [2.24, 2.45) is 5.73 Å². The van der Waals surface area contributed by atoms with Gasteiger partial charge in [0.05, 0.1) is 0 Å². The topological polar surface area (TPSA) is 97.0 Å². The molecule has 30 heavy (non-hydrogen) atoms. The first-order valence-corrected chi connectivity index (χ1v) is 10.7. The molecule has 3 aromatic rings. The van der Waals surface area contributed by atoms with Gasteiger partial charge in [-0.3, -0.25) is 5.41 Å². The molecule has 1 aliphatic rings. The number of fused-ring (bicyclic) bond motifs is 1. The number of unbranched alkanes of at least 4 members (excludes halogenated alkanes) is 4. The van der Waals surface area contributed by atoms with Gasteiger partial charge in [-0.15, -0.1) is 12.4 Å². The molecule has 1 saturated heterocycles. The predicted octanol–water partition coefficient (Wildman–Crippen LogP) is 5.11. The molecule has 1 aliphatic heterocycles. The quantitative estimate of drug-likeness (QED) is 0.294. The minimum absolute atomic E-state index is 0. The first kappa shape index (κ1) is 22.2. The Morgan fingerprint density at radius 1 is 1.23 bits per heavy atom. The lowest BCUT2D eigenvalue weighted by Gasteiger charge is -2.21. The first-order valence-electron chi connectivity index (χ1n) is 10.7. The molecule has 8 heteroatoms. The zero-order chi connectivity index (χ0) is 20.2. The molecule has 0 aliphatic carbocycles. The van der Waals surface area contributed by atoms with Crippen molar-refractivity contribution in [3.63, 3.8) is 0 Å². The Labute approximate surface area is 183 Å². The fourth-order valence-electron chi connectivity index (χ4n) is 4.29. The second kappa shape index (κ2) is 9.98. The van der Waals surface area contributed by atoms with Crippen molar-refractivity contribution in [2.45, 2.75) is 64.5 Å². The SMILES string of the molecule is CCCCCCCn1cc(-c2noc([C@@H]3CCCN3C(=N)N)n2)c2ccccc21.Cl. The Bertz CT molecular complexity index is 981. The number of guanidine groups is 1. The van der Waals surface area contributed by atoms with Gasteiger partial charge in [-0.05, 0) is 25.3 Å². The number of halogens is 1. The lowest BCUT2D eigenvalue weighted by atomic mass is 10.1. The van der Waals surface area contributed by atoms with E-state index in [2.05, 4.69) is 41.0 Å². The summed E-state index contributed by atoms with van der Waals surface area (Å²) in [6.07, 6.45) is 10.3. The van der Waals surface area contributed by atoms with E-state index in [-0.39, 0.29) is 24.4 Å². The number of nitrogens with two attached hydrogens (primary N) is 1. The van der Waals surface area contributed by atoms with Gasteiger partial charge in [-0.2, -0.15) is 4.98 Å². The van der Waals surface area contributed by atoms with Gasteiger partial charge in [0.15, 0.2) is 5.96 Å². The molecule has 0 radical (unpaired) electrons. The lowest BCUT2D eigenvalue weighted by molar-refractivity contribution is 0.283. The monoisotopic (exact) mass is 430 g/mol. The second-order valence-corrected chi connectivity index (χ2v) is 7.86. The van der Waals surface area contributed by atoms with E-state index in [0.29, 0.717) is 11.7 Å². The summed E-state index contributed by atoms with van der Waals surface area (Å²) in [7, 11) is 0. The normalized spacial score (nSPS) is 16.2. The number of nitrogens with one attached hydrogen (secondary N) is 1. The van der Waals surface area contributed by atoms with Gasteiger partial charge in [-0.25, -0.2) is 0 Å². The lowest BCUT2D eigenvalue weighted by Crippen LogP contribution is -2.35. The third-order valence-corrected chi connectivity index (χ3v) is 5.82. The number of hydrogen-bond acceptors (Lipinski definition) is 4. The smallest absolute Gasteiger partial charge is 0.249 e. The van der Waals surface area contributed by atoms with Crippen LogP contribution in [0.4, 0.5) is 0 Å². The van der Waals surface area contributed by atoms with Crippen molar-refractivity contribution in [2.75, 3.05) is 6.54 Å². The molecule has 0 spiro atoms. The molecule has 162 valence electrons. The van der Waals surface area contributed by atoms with E-state index >= 15 is 0 Å². The average Bonchev–Trinajstić information content (AvgIpc) is 3.45. The maximum absolute atomic E-state index is 7.77. The molecule has 7 nitrogen and oxygen atoms in total. The van der Waals surface area contributed by atoms with Crippen LogP contribution in [0.3, 0.4) is 0 Å². The van der Waals surface area contributed by atoms with Crippen LogP contribution < -0.4 is 5.73 Å². The minimum atomic E-state index is -0.0966. The second-order valence-electron chi connectivity index (χ2n) is 7.86. The maximum Gasteiger partial charge on any atom is 0.249 e. The van der Waals surface area contributed by atoms with E-state index in [0.717, 1.165) is 36.9 Å². The summed E-state index contributed by atoms with van der Waals surface area (Å²) >= 11 is 0. The van der Waals surface area contributed by atoms with Crippen LogP contribution in [0.25, 0.3) is 22.3 Å². The Morgan fingerprint density at radius 2 is 2.03 bits per heavy atom. The van der Waals surface area contributed by atoms with Crippen molar-refractivity contribution in [3.8, 4) is 11.4 Å². The molecular weight excluding hydrogens is 400 g/mol. The van der Waals surface area contributed by atoms with Crippen LogP contribution in [0.2, 0.25) is 0 Å². The van der Waals surface area contributed by atoms with Gasteiger partial charge in [0.2, 0.25) is 11.7 Å². The van der Waals surface area contributed by atoms with Crippen LogP contribution in [-0.2, 0) is 6.54 Å². The first-order chi connectivity index (χ1) is 14.2. The number of benzene rings is 1. The zero-order valence-electron chi connectivity index (χ0n) is 17.5. The summed E-state index contributed by atoms with van der Waals surface area (Å²) in [6, 6.07) is 8.30. The Kier molecular flexibility index (Phi) is 7.37. The summed E-state index contributed by atoms with van der Waals surface area (Å²) in [5.74, 6) is 1.22. The predicted molar refractivity (Wildman–Crippen MR) is 122 cm³/mol. The number of nitrogens with zero attached hydrogens (tertiary/aromatic N) is 4. The van der Waals surface area contributed by atoms with Crippen LogP contribution >= 0.6 is 12.4 Å². The summed E-state index contributed by atoms with van der Waals surface area (Å²) < 4.78 is 7.91. The Balaban J connectivity index is 0.00000256. The van der Waals surface area contributed by atoms with Crippen LogP contribution in [0.1, 0.15) is 63.8 Å². The fraction of sp³-hybridized carbons (Fsp3) is 0.500. The van der Waals surface area contributed by atoms with E-state index < -0.39 is 0 Å². The molecule has 3 N–H and O–H groups in total. The summed E-state index contributed by atoms with van der Waals surface area (Å²) in [5.41, 5.74) is 7.92. The van der Waals surface area contributed by atoms with Gasteiger partial charge in [0.25, 0.3) is 0 Å². The molecular formula is C22H31ClN6O. The van der Waals surface area contributed by atoms with Crippen molar-refractivity contribution in [3.05, 3.63) is 36.4 Å². The minimum Gasteiger partial charge on any atom is -0.370 e. The molecule has 0 amide bonds. The standard InChI is InChI=1S/C22H30N6O.ClH/c1-2-3-4-5-8-13-27-15-17(16-10-6-7-11-18(16)27)20-25-21(29-26-20)19-12-9-14-28(19)22(23)24;/h6-7,10-11,15,19H,2-5,8-9,12-14H2,1H3,(H3,23,24);1H/t19-;/m0./s1. The van der Waals surface area contributed by atoms with Crippen LogP contribution in [0, 0.1) is 5.41 Å². The number of hydrogen-bond donors (Lipinski definition) is 2. The summed E-state index contributed by atoms with van der Waals surface area (Å²) in [6.45, 7) is 4.00. The van der Waals surface area contributed by atoms with Crippen LogP contribution in [0.5, 0.6) is 0 Å². The maximum atomic E-state index is 7.77. The molecule has 0 bridgehead atoms. The highest BCUT2D eigenvalue weighted by atomic mass is 35.5. The highest BCUT2D eigenvalue weighted by Crippen LogP contribution is 2.34. The van der Waals surface area contributed by atoms with Crippen molar-refractivity contribution >= 4 is 29.3 Å². The number of para-hydroxylation sites is 1. The van der Waals surface area contributed by atoms with E-state index in [9.17, 15) is 0 Å². The average molecular weight is 431 g/mol. The molecule has 1 aromatic carbocycles. The highest BCUT2D eigenvalue weighted by molar-refractivity contribution is 5.94. The van der Waals surface area contributed by atoms with Crippen molar-refractivity contribution in [1.29, 1.82) is 5.41 Å². The van der Waals surface area contributed by atoms with Crippen LogP contribution in [0.15, 0.2) is 35.0 Å². The van der Waals surface area contributed by atoms with Gasteiger partial charge in [-0.1, -0.05) is 56.0 Å². The van der Waals surface area contributed by atoms with Gasteiger partial charge in [0.1, 0.15) is 6.04 Å². The van der Waals surface area contributed by atoms with Crippen molar-refractivity contribution < 1.29 is 4.52 Å². The number of aromatic nitrogens is 3. The highest BCUT2D eigenvalue weighted by Gasteiger charge is 2.32. The fourth-order valence-corrected chi connectivity index (χ4v) is 4.29. The molecule has 0 unspecified atom stereocenters. The van der Waals surface area contributed by atoms with Gasteiger partial charge < -0.3 is 19.7 Å². The molecule has 3 heterocycles. The summed E-state index contributed by atoms with van der Waals surface area (Å²) in [4.78, 5) is 6.52. The molecule has 1 atom stereocenters. The number of rotatable bonds is 8. The van der Waals surface area contributed by atoms with E-state index in [1.165, 1.54) is 37.6 Å². The zero-order valence-corrected chi connectivity index (χ0v) is 18.3. The van der Waals surface area contributed by atoms with Gasteiger partial charge in [0, 0.05) is 35.8 Å². The van der Waals surface area contributed by atoms with Crippen molar-refractivity contribution in [1.82, 2.24) is 19.6 Å². The Morgan fingerprint density at radius 3 is 2.83 bits per heavy atom. The third kappa shape index (κ3) is 4.46. The van der Waals surface area contributed by atoms with E-state index in [4.69, 9.17) is 20.7 Å². The number of aryl methyl sites for hydroxylation is 1. The molecule has 0 saturated carbocycles. The van der Waals surface area contributed by atoms with Crippen LogP contribution in [-0.4, -0.2) is 32.1 Å². The largest absolute Gasteiger partial charge is 0.370 e. The molecule has 4 rings (SSSR count). The Hall–Kier alpha value is -2.54. The van der Waals surface area contributed by atoms with E-state index in [1.807, 2.05) is 11.0 Å². The molecule has 2 aromatic heterocycles.